The molecule has 0 aromatic carbocycles. The van der Waals surface area contributed by atoms with Gasteiger partial charge in [-0.05, 0) is 7.05 Å². The molecule has 0 amide bonds. The summed E-state index contributed by atoms with van der Waals surface area (Å²) in [7, 11) is 1.73. The third-order valence-corrected chi connectivity index (χ3v) is 0.854. The quantitative estimate of drug-likeness (QED) is 0.308. The lowest BCUT2D eigenvalue weighted by Gasteiger charge is -2.04. The van der Waals surface area contributed by atoms with Crippen molar-refractivity contribution in [3.63, 3.8) is 0 Å². The molecule has 38 valence electrons. The number of aliphatic hydroxyl groups excluding tert-OH is 1. The third-order valence-electron chi connectivity index (χ3n) is 0.445. The van der Waals surface area contributed by atoms with Gasteiger partial charge in [0, 0.05) is 0 Å². The summed E-state index contributed by atoms with van der Waals surface area (Å²) in [5.41, 5.74) is 0. The van der Waals surface area contributed by atoms with Crippen molar-refractivity contribution < 1.29 is 5.11 Å². The zero-order valence-electron chi connectivity index (χ0n) is 3.69. The van der Waals surface area contributed by atoms with E-state index in [1.54, 1.807) is 11.9 Å². The largest absolute Gasteiger partial charge is 0.381 e. The van der Waals surface area contributed by atoms with Gasteiger partial charge in [-0.1, -0.05) is 0 Å². The van der Waals surface area contributed by atoms with E-state index in [0.29, 0.717) is 6.00 Å². The van der Waals surface area contributed by atoms with Crippen molar-refractivity contribution in [2.45, 2.75) is 0 Å². The highest BCUT2D eigenvalue weighted by Gasteiger charge is 1.84. The standard InChI is InChI=1S/C3H8ClNO/c1-5(2-4)3-6/h6H,2-3H2,1H3. The van der Waals surface area contributed by atoms with Gasteiger partial charge in [0.15, 0.2) is 0 Å². The number of hydrogen-bond acceptors (Lipinski definition) is 2. The van der Waals surface area contributed by atoms with Crippen LogP contribution in [0.4, 0.5) is 0 Å². The highest BCUT2D eigenvalue weighted by Crippen LogP contribution is 1.79. The fraction of sp³-hybridized carbons (Fsp3) is 1.00. The number of aliphatic hydroxyl groups is 1. The minimum atomic E-state index is 0.0312. The average molecular weight is 110 g/mol. The summed E-state index contributed by atoms with van der Waals surface area (Å²) in [5.74, 6) is 0. The van der Waals surface area contributed by atoms with Crippen molar-refractivity contribution >= 4 is 11.6 Å². The smallest absolute Gasteiger partial charge is 0.0963 e. The molecule has 0 spiro atoms. The lowest BCUT2D eigenvalue weighted by Crippen LogP contribution is -2.16. The first-order chi connectivity index (χ1) is 2.81. The van der Waals surface area contributed by atoms with E-state index in [1.807, 2.05) is 0 Å². The van der Waals surface area contributed by atoms with Crippen LogP contribution in [0.15, 0.2) is 0 Å². The van der Waals surface area contributed by atoms with Crippen LogP contribution in [0.5, 0.6) is 0 Å². The van der Waals surface area contributed by atoms with Crippen LogP contribution in [0.25, 0.3) is 0 Å². The predicted octanol–water partition coefficient (Wildman–Crippen LogP) is 0.0643. The number of halogens is 1. The molecule has 0 aliphatic rings. The van der Waals surface area contributed by atoms with E-state index in [0.717, 1.165) is 0 Å². The van der Waals surface area contributed by atoms with Crippen molar-refractivity contribution in [2.24, 2.45) is 0 Å². The first-order valence-corrected chi connectivity index (χ1v) is 2.20. The number of rotatable bonds is 2. The van der Waals surface area contributed by atoms with Gasteiger partial charge in [-0.2, -0.15) is 0 Å². The fourth-order valence-corrected chi connectivity index (χ4v) is 0.113. The van der Waals surface area contributed by atoms with Crippen LogP contribution in [-0.4, -0.2) is 29.8 Å². The van der Waals surface area contributed by atoms with Crippen LogP contribution in [0.2, 0.25) is 0 Å². The van der Waals surface area contributed by atoms with Crippen LogP contribution in [0.1, 0.15) is 0 Å². The maximum Gasteiger partial charge on any atom is 0.0963 e. The van der Waals surface area contributed by atoms with E-state index in [-0.39, 0.29) is 6.73 Å². The van der Waals surface area contributed by atoms with Gasteiger partial charge in [0.05, 0.1) is 12.7 Å². The third kappa shape index (κ3) is 2.45. The Morgan fingerprint density at radius 2 is 2.33 bits per heavy atom. The summed E-state index contributed by atoms with van der Waals surface area (Å²) in [6, 6.07) is 0.385. The average Bonchev–Trinajstić information content (AvgIpc) is 1.65. The molecule has 1 N–H and O–H groups in total. The van der Waals surface area contributed by atoms with Gasteiger partial charge < -0.3 is 5.11 Å². The fourth-order valence-electron chi connectivity index (χ4n) is 0.0378. The van der Waals surface area contributed by atoms with E-state index < -0.39 is 0 Å². The topological polar surface area (TPSA) is 23.5 Å². The maximum absolute atomic E-state index is 8.18. The number of nitrogens with zero attached hydrogens (tertiary/aromatic N) is 1. The summed E-state index contributed by atoms with van der Waals surface area (Å²) in [6.45, 7) is 0.0312. The SMILES string of the molecule is CN(CO)CCl. The molecule has 0 saturated heterocycles. The first kappa shape index (κ1) is 6.21. The molecule has 0 aromatic heterocycles. The zero-order valence-corrected chi connectivity index (χ0v) is 4.44. The molecule has 0 aliphatic carbocycles. The van der Waals surface area contributed by atoms with Crippen molar-refractivity contribution in [1.29, 1.82) is 0 Å². The van der Waals surface area contributed by atoms with Crippen molar-refractivity contribution in [1.82, 2.24) is 4.90 Å². The van der Waals surface area contributed by atoms with Crippen LogP contribution in [0.3, 0.4) is 0 Å². The molecular formula is C3H8ClNO. The molecule has 0 heterocycles. The Morgan fingerprint density at radius 1 is 1.83 bits per heavy atom. The summed E-state index contributed by atoms with van der Waals surface area (Å²) in [6.07, 6.45) is 0. The molecule has 6 heavy (non-hydrogen) atoms. The van der Waals surface area contributed by atoms with Gasteiger partial charge in [-0.3, -0.25) is 4.90 Å². The summed E-state index contributed by atoms with van der Waals surface area (Å²) >= 11 is 5.22. The Hall–Kier alpha value is 0.210. The Morgan fingerprint density at radius 3 is 2.33 bits per heavy atom. The number of alkyl halides is 1. The molecule has 0 saturated carbocycles. The molecule has 0 unspecified atom stereocenters. The van der Waals surface area contributed by atoms with Crippen LogP contribution < -0.4 is 0 Å². The summed E-state index contributed by atoms with van der Waals surface area (Å²) in [4.78, 5) is 1.57. The van der Waals surface area contributed by atoms with Gasteiger partial charge in [0.2, 0.25) is 0 Å². The van der Waals surface area contributed by atoms with Gasteiger partial charge in [0.25, 0.3) is 0 Å². The minimum absolute atomic E-state index is 0.0312. The van der Waals surface area contributed by atoms with E-state index in [4.69, 9.17) is 16.7 Å². The second-order valence-corrected chi connectivity index (χ2v) is 1.36. The molecule has 0 atom stereocenters. The molecular weight excluding hydrogens is 101 g/mol. The van der Waals surface area contributed by atoms with E-state index in [2.05, 4.69) is 0 Å². The van der Waals surface area contributed by atoms with Gasteiger partial charge in [-0.25, -0.2) is 0 Å². The lowest BCUT2D eigenvalue weighted by molar-refractivity contribution is 0.150. The molecule has 2 nitrogen and oxygen atoms in total. The van der Waals surface area contributed by atoms with Crippen LogP contribution >= 0.6 is 11.6 Å². The lowest BCUT2D eigenvalue weighted by atomic mass is 10.9. The Bertz CT molecular complexity index is 30.0. The van der Waals surface area contributed by atoms with Crippen LogP contribution in [0, 0.1) is 0 Å². The van der Waals surface area contributed by atoms with Gasteiger partial charge in [-0.15, -0.1) is 11.6 Å². The van der Waals surface area contributed by atoms with Crippen molar-refractivity contribution in [3.8, 4) is 0 Å². The summed E-state index contributed by atoms with van der Waals surface area (Å²) < 4.78 is 0. The number of hydrogen-bond donors (Lipinski definition) is 1. The molecule has 3 heteroatoms. The molecule has 0 rings (SSSR count). The second kappa shape index (κ2) is 3.40. The molecule has 0 bridgehead atoms. The molecule has 0 aromatic rings. The van der Waals surface area contributed by atoms with E-state index >= 15 is 0 Å². The maximum atomic E-state index is 8.18. The first-order valence-electron chi connectivity index (χ1n) is 1.66. The molecule has 0 fully saturated rings. The predicted molar refractivity (Wildman–Crippen MR) is 25.6 cm³/mol. The highest BCUT2D eigenvalue weighted by atomic mass is 35.5. The Balaban J connectivity index is 2.75. The molecule has 0 radical (unpaired) electrons. The van der Waals surface area contributed by atoms with Crippen molar-refractivity contribution in [3.05, 3.63) is 0 Å². The van der Waals surface area contributed by atoms with E-state index in [9.17, 15) is 0 Å². The molecule has 0 aliphatic heterocycles. The van der Waals surface area contributed by atoms with Gasteiger partial charge in [0.1, 0.15) is 0 Å². The zero-order chi connectivity index (χ0) is 4.99. The van der Waals surface area contributed by atoms with E-state index in [1.165, 1.54) is 0 Å². The van der Waals surface area contributed by atoms with Crippen LogP contribution in [-0.2, 0) is 0 Å². The Labute approximate surface area is 42.3 Å². The van der Waals surface area contributed by atoms with Gasteiger partial charge >= 0.3 is 0 Å². The Kier molecular flexibility index (Phi) is 3.52. The highest BCUT2D eigenvalue weighted by molar-refractivity contribution is 6.17. The normalized spacial score (nSPS) is 10.0. The second-order valence-electron chi connectivity index (χ2n) is 1.12. The summed E-state index contributed by atoms with van der Waals surface area (Å²) in [5, 5.41) is 8.18. The monoisotopic (exact) mass is 109 g/mol. The minimum Gasteiger partial charge on any atom is -0.381 e. The van der Waals surface area contributed by atoms with Crippen molar-refractivity contribution in [2.75, 3.05) is 19.8 Å².